The first-order valence-electron chi connectivity index (χ1n) is 22.0. The van der Waals surface area contributed by atoms with Crippen molar-refractivity contribution in [3.63, 3.8) is 0 Å². The van der Waals surface area contributed by atoms with E-state index in [2.05, 4.69) is 17.4 Å². The predicted molar refractivity (Wildman–Crippen MR) is 240 cm³/mol. The zero-order valence-electron chi connectivity index (χ0n) is 38.1. The normalized spacial score (nSPS) is 28.6. The predicted octanol–water partition coefficient (Wildman–Crippen LogP) is 6.96. The van der Waals surface area contributed by atoms with Crippen LogP contribution >= 0.6 is 0 Å². The second kappa shape index (κ2) is 18.4. The van der Waals surface area contributed by atoms with E-state index in [0.717, 1.165) is 39.0 Å². The molecule has 342 valence electrons. The summed E-state index contributed by atoms with van der Waals surface area (Å²) in [6.07, 6.45) is -0.960. The number of esters is 1. The molecule has 1 unspecified atom stereocenters. The van der Waals surface area contributed by atoms with Crippen molar-refractivity contribution in [1.29, 1.82) is 0 Å². The molecule has 0 spiro atoms. The van der Waals surface area contributed by atoms with Crippen LogP contribution in [0.1, 0.15) is 82.1 Å². The average molecular weight is 880 g/mol. The van der Waals surface area contributed by atoms with E-state index in [1.807, 2.05) is 76.2 Å². The van der Waals surface area contributed by atoms with Crippen molar-refractivity contribution >= 4 is 29.8 Å². The fourth-order valence-electron chi connectivity index (χ4n) is 9.50. The maximum absolute atomic E-state index is 14.6. The standard InChI is InChI=1S/C50H61N3O11/c1-28(2)21-39(53(8)48(58)61-27-37-35-18-12-10-16-33(35)34-17-11-13-19-36(34)37)46(56)63-43-25-44(55)52(7)38-23-32(24-40(60-9)30(38)4)22-29(3)15-14-20-42(54)50(59)26-41(62-47(57)51-50)31(5)45-49(43,6)64-45/h10-20,23-24,28,31,37,39,41-43,45,54,59H,21-22,25-27H2,1-9H3,(H,51,57)/b20-14+,29-15+/t31-,39+,41?,42-,43+,45+,49+,50+/m1/s1. The number of aliphatic hydroxyl groups is 2. The Bertz CT molecular complexity index is 2300. The van der Waals surface area contributed by atoms with E-state index >= 15 is 0 Å². The van der Waals surface area contributed by atoms with Gasteiger partial charge in [0.05, 0.1) is 25.3 Å². The summed E-state index contributed by atoms with van der Waals surface area (Å²) in [5.74, 6) is -1.39. The van der Waals surface area contributed by atoms with E-state index in [4.69, 9.17) is 23.7 Å². The first kappa shape index (κ1) is 46.3. The Morgan fingerprint density at radius 3 is 2.34 bits per heavy atom. The number of rotatable bonds is 8. The number of nitrogens with zero attached hydrogens (tertiary/aromatic N) is 2. The topological polar surface area (TPSA) is 177 Å². The van der Waals surface area contributed by atoms with Crippen LogP contribution in [0, 0.1) is 18.8 Å². The molecule has 3 aliphatic heterocycles. The number of allylic oxidation sites excluding steroid dienone is 3. The molecule has 3 N–H and O–H groups in total. The molecule has 4 aliphatic rings. The molecule has 0 aromatic heterocycles. The minimum Gasteiger partial charge on any atom is -0.496 e. The summed E-state index contributed by atoms with van der Waals surface area (Å²) in [6.45, 7) is 11.2. The minimum absolute atomic E-state index is 0.0496. The SMILES string of the molecule is COc1cc2cc(c1C)N(C)C(=O)C[C@H](OC(=O)[C@H](CC(C)C)N(C)C(=O)OCC1c3ccccc3-c3ccccc31)[C@]1(C)O[C@H]1[C@H](C)C1C[C@@](O)(NC(=O)O1)[C@H](O)/C=C/C=C(\C)C2. The van der Waals surface area contributed by atoms with Crippen LogP contribution in [0.15, 0.2) is 84.5 Å². The molecule has 8 atom stereocenters. The smallest absolute Gasteiger partial charge is 0.410 e. The van der Waals surface area contributed by atoms with Crippen LogP contribution in [0.4, 0.5) is 15.3 Å². The summed E-state index contributed by atoms with van der Waals surface area (Å²) in [4.78, 5) is 58.7. The van der Waals surface area contributed by atoms with Crippen LogP contribution < -0.4 is 15.0 Å². The Morgan fingerprint density at radius 1 is 1.05 bits per heavy atom. The Hall–Kier alpha value is -5.70. The van der Waals surface area contributed by atoms with Gasteiger partial charge in [-0.1, -0.05) is 93.1 Å². The van der Waals surface area contributed by atoms with Crippen LogP contribution in [-0.4, -0.2) is 109 Å². The van der Waals surface area contributed by atoms with Crippen LogP contribution in [0.2, 0.25) is 0 Å². The number of aliphatic hydroxyl groups excluding tert-OH is 1. The lowest BCUT2D eigenvalue weighted by Gasteiger charge is -2.41. The monoisotopic (exact) mass is 879 g/mol. The maximum Gasteiger partial charge on any atom is 0.410 e. The summed E-state index contributed by atoms with van der Waals surface area (Å²) in [7, 11) is 4.72. The lowest BCUT2D eigenvalue weighted by Crippen LogP contribution is -2.63. The number of hydrogen-bond acceptors (Lipinski definition) is 11. The van der Waals surface area contributed by atoms with E-state index in [-0.39, 0.29) is 43.6 Å². The van der Waals surface area contributed by atoms with Gasteiger partial charge in [-0.05, 0) is 79.5 Å². The van der Waals surface area contributed by atoms with Crippen molar-refractivity contribution in [1.82, 2.24) is 10.2 Å². The number of ether oxygens (including phenoxy) is 5. The van der Waals surface area contributed by atoms with Crippen molar-refractivity contribution in [3.05, 3.63) is 107 Å². The van der Waals surface area contributed by atoms with Crippen molar-refractivity contribution < 1.29 is 53.1 Å². The van der Waals surface area contributed by atoms with Gasteiger partial charge in [-0.15, -0.1) is 0 Å². The first-order chi connectivity index (χ1) is 30.3. The third-order valence-electron chi connectivity index (χ3n) is 13.4. The number of amides is 3. The maximum atomic E-state index is 14.6. The Balaban J connectivity index is 1.18. The van der Waals surface area contributed by atoms with Gasteiger partial charge in [0.2, 0.25) is 5.91 Å². The highest BCUT2D eigenvalue weighted by molar-refractivity contribution is 5.95. The third-order valence-corrected chi connectivity index (χ3v) is 13.4. The van der Waals surface area contributed by atoms with E-state index < -0.39 is 65.9 Å². The van der Waals surface area contributed by atoms with Crippen molar-refractivity contribution in [3.8, 4) is 16.9 Å². The highest BCUT2D eigenvalue weighted by atomic mass is 16.7. The van der Waals surface area contributed by atoms with Crippen LogP contribution in [0.25, 0.3) is 11.1 Å². The summed E-state index contributed by atoms with van der Waals surface area (Å²) < 4.78 is 30.1. The number of likely N-dealkylation sites (N-methyl/N-ethyl adjacent to an activating group) is 1. The number of carbonyl (C=O) groups is 4. The molecule has 14 nitrogen and oxygen atoms in total. The zero-order valence-corrected chi connectivity index (χ0v) is 38.1. The van der Waals surface area contributed by atoms with Crippen LogP contribution in [0.3, 0.4) is 0 Å². The Labute approximate surface area is 375 Å². The largest absolute Gasteiger partial charge is 0.496 e. The summed E-state index contributed by atoms with van der Waals surface area (Å²) in [5, 5.41) is 25.2. The number of nitrogens with one attached hydrogen (secondary N) is 1. The summed E-state index contributed by atoms with van der Waals surface area (Å²) >= 11 is 0. The molecule has 3 heterocycles. The number of alkyl carbamates (subject to hydrolysis) is 1. The molecule has 0 radical (unpaired) electrons. The molecule has 3 amide bonds. The van der Waals surface area contributed by atoms with Gasteiger partial charge in [0, 0.05) is 37.9 Å². The van der Waals surface area contributed by atoms with Crippen molar-refractivity contribution in [2.45, 2.75) is 115 Å². The molecule has 7 rings (SSSR count). The molecule has 2 fully saturated rings. The van der Waals surface area contributed by atoms with Gasteiger partial charge >= 0.3 is 18.2 Å². The number of anilines is 1. The number of methoxy groups -OCH3 is 1. The van der Waals surface area contributed by atoms with Gasteiger partial charge in [0.25, 0.3) is 0 Å². The zero-order chi connectivity index (χ0) is 46.2. The molecule has 3 aromatic carbocycles. The number of fused-ring (bicyclic) bond motifs is 8. The van der Waals surface area contributed by atoms with Crippen molar-refractivity contribution in [2.75, 3.05) is 32.7 Å². The Kier molecular flexibility index (Phi) is 13.3. The van der Waals surface area contributed by atoms with E-state index in [9.17, 15) is 29.4 Å². The third kappa shape index (κ3) is 9.27. The number of carbonyl (C=O) groups excluding carboxylic acids is 4. The fraction of sp³-hybridized carbons (Fsp3) is 0.480. The molecule has 64 heavy (non-hydrogen) atoms. The lowest BCUT2D eigenvalue weighted by atomic mass is 9.83. The van der Waals surface area contributed by atoms with Crippen LogP contribution in [-0.2, 0) is 35.0 Å². The second-order valence-electron chi connectivity index (χ2n) is 18.4. The van der Waals surface area contributed by atoms with Crippen LogP contribution in [0.5, 0.6) is 5.75 Å². The number of benzene rings is 3. The van der Waals surface area contributed by atoms with Gasteiger partial charge in [-0.25, -0.2) is 14.4 Å². The fourth-order valence-corrected chi connectivity index (χ4v) is 9.50. The van der Waals surface area contributed by atoms with Gasteiger partial charge < -0.3 is 38.8 Å². The highest BCUT2D eigenvalue weighted by Gasteiger charge is 2.64. The van der Waals surface area contributed by atoms with Gasteiger partial charge in [0.1, 0.15) is 42.3 Å². The molecule has 4 bridgehead atoms. The molecular weight excluding hydrogens is 819 g/mol. The highest BCUT2D eigenvalue weighted by Crippen LogP contribution is 2.49. The quantitative estimate of drug-likeness (QED) is 0.121. The van der Waals surface area contributed by atoms with Crippen molar-refractivity contribution in [2.24, 2.45) is 11.8 Å². The summed E-state index contributed by atoms with van der Waals surface area (Å²) in [5.41, 5.74) is 4.00. The molecule has 0 saturated carbocycles. The average Bonchev–Trinajstić information content (AvgIpc) is 3.86. The van der Waals surface area contributed by atoms with Gasteiger partial charge in [-0.2, -0.15) is 0 Å². The molecule has 14 heteroatoms. The first-order valence-corrected chi connectivity index (χ1v) is 22.0. The molecule has 3 aromatic rings. The molecule has 1 aliphatic carbocycles. The number of hydrogen-bond donors (Lipinski definition) is 3. The van der Waals surface area contributed by atoms with E-state index in [1.54, 1.807) is 40.2 Å². The summed E-state index contributed by atoms with van der Waals surface area (Å²) in [6, 6.07) is 18.8. The van der Waals surface area contributed by atoms with Gasteiger partial charge in [-0.3, -0.25) is 15.0 Å². The molecular formula is C50H61N3O11. The Morgan fingerprint density at radius 2 is 1.70 bits per heavy atom. The minimum atomic E-state index is -2.07. The number of epoxide rings is 1. The van der Waals surface area contributed by atoms with E-state index in [0.29, 0.717) is 17.9 Å². The lowest BCUT2D eigenvalue weighted by molar-refractivity contribution is -0.159. The molecule has 2 saturated heterocycles. The van der Waals surface area contributed by atoms with Gasteiger partial charge in [0.15, 0.2) is 5.72 Å². The van der Waals surface area contributed by atoms with E-state index in [1.165, 1.54) is 22.9 Å². The second-order valence-corrected chi connectivity index (χ2v) is 18.4.